The second-order valence-electron chi connectivity index (χ2n) is 3.14. The number of esters is 1. The van der Waals surface area contributed by atoms with Crippen molar-refractivity contribution in [3.05, 3.63) is 34.4 Å². The van der Waals surface area contributed by atoms with Gasteiger partial charge in [-0.1, -0.05) is 19.1 Å². The van der Waals surface area contributed by atoms with Crippen LogP contribution in [0.15, 0.2) is 12.1 Å². The molecule has 0 radical (unpaired) electrons. The van der Waals surface area contributed by atoms with Gasteiger partial charge in [0.05, 0.1) is 18.2 Å². The molecule has 0 aromatic heterocycles. The lowest BCUT2D eigenvalue weighted by molar-refractivity contribution is 0.0599. The number of carbonyl (C=O) groups is 2. The number of rotatable bonds is 3. The highest BCUT2D eigenvalue weighted by Crippen LogP contribution is 2.19. The first-order valence-corrected chi connectivity index (χ1v) is 4.79. The van der Waals surface area contributed by atoms with Crippen molar-refractivity contribution >= 4 is 12.3 Å². The molecule has 4 heteroatoms. The molecule has 0 N–H and O–H groups in total. The van der Waals surface area contributed by atoms with Crippen LogP contribution in [0.3, 0.4) is 0 Å². The number of hydrogen-bond donors (Lipinski definition) is 0. The number of aryl methyl sites for hydroxylation is 1. The Hall–Kier alpha value is -2.15. The number of aldehydes is 1. The van der Waals surface area contributed by atoms with Gasteiger partial charge in [-0.2, -0.15) is 5.26 Å². The molecule has 0 heterocycles. The van der Waals surface area contributed by atoms with Crippen molar-refractivity contribution in [1.82, 2.24) is 0 Å². The van der Waals surface area contributed by atoms with E-state index in [0.29, 0.717) is 18.3 Å². The fraction of sp³-hybridized carbons (Fsp3) is 0.250. The first-order chi connectivity index (χ1) is 7.69. The Morgan fingerprint density at radius 2 is 2.25 bits per heavy atom. The molecular weight excluding hydrogens is 206 g/mol. The van der Waals surface area contributed by atoms with E-state index in [0.717, 1.165) is 0 Å². The second-order valence-corrected chi connectivity index (χ2v) is 3.14. The van der Waals surface area contributed by atoms with E-state index in [1.165, 1.54) is 13.2 Å². The fourth-order valence-corrected chi connectivity index (χ4v) is 1.51. The van der Waals surface area contributed by atoms with Gasteiger partial charge in [-0.3, -0.25) is 4.79 Å². The molecule has 0 atom stereocenters. The zero-order chi connectivity index (χ0) is 12.1. The fourth-order valence-electron chi connectivity index (χ4n) is 1.51. The monoisotopic (exact) mass is 217 g/mol. The van der Waals surface area contributed by atoms with Crippen LogP contribution in [-0.2, 0) is 11.2 Å². The molecule has 0 saturated carbocycles. The first kappa shape index (κ1) is 11.9. The SMILES string of the molecule is CCc1ccc(C=O)c(C#N)c1C(=O)OC. The van der Waals surface area contributed by atoms with E-state index in [4.69, 9.17) is 5.26 Å². The van der Waals surface area contributed by atoms with Crippen molar-refractivity contribution < 1.29 is 14.3 Å². The Bertz CT molecular complexity index is 472. The highest BCUT2D eigenvalue weighted by atomic mass is 16.5. The van der Waals surface area contributed by atoms with Gasteiger partial charge in [0.15, 0.2) is 6.29 Å². The van der Waals surface area contributed by atoms with Crippen LogP contribution < -0.4 is 0 Å². The molecule has 1 aromatic carbocycles. The van der Waals surface area contributed by atoms with Crippen LogP contribution >= 0.6 is 0 Å². The Labute approximate surface area is 93.5 Å². The van der Waals surface area contributed by atoms with Gasteiger partial charge in [0, 0.05) is 5.56 Å². The molecule has 1 rings (SSSR count). The summed E-state index contributed by atoms with van der Waals surface area (Å²) in [6, 6.07) is 5.07. The number of carbonyl (C=O) groups excluding carboxylic acids is 2. The van der Waals surface area contributed by atoms with Crippen LogP contribution in [0, 0.1) is 11.3 Å². The molecule has 16 heavy (non-hydrogen) atoms. The Morgan fingerprint density at radius 1 is 1.56 bits per heavy atom. The van der Waals surface area contributed by atoms with Gasteiger partial charge in [-0.05, 0) is 12.0 Å². The van der Waals surface area contributed by atoms with Gasteiger partial charge in [-0.25, -0.2) is 4.79 Å². The van der Waals surface area contributed by atoms with Gasteiger partial charge in [0.1, 0.15) is 6.07 Å². The van der Waals surface area contributed by atoms with Crippen LogP contribution in [0.5, 0.6) is 0 Å². The van der Waals surface area contributed by atoms with Crippen molar-refractivity contribution in [2.45, 2.75) is 13.3 Å². The van der Waals surface area contributed by atoms with Gasteiger partial charge in [0.25, 0.3) is 0 Å². The largest absolute Gasteiger partial charge is 0.465 e. The van der Waals surface area contributed by atoms with Crippen LogP contribution in [0.1, 0.15) is 38.8 Å². The smallest absolute Gasteiger partial charge is 0.339 e. The second kappa shape index (κ2) is 5.08. The van der Waals surface area contributed by atoms with E-state index in [1.807, 2.05) is 13.0 Å². The van der Waals surface area contributed by atoms with Gasteiger partial charge < -0.3 is 4.74 Å². The summed E-state index contributed by atoms with van der Waals surface area (Å²) >= 11 is 0. The number of ether oxygens (including phenoxy) is 1. The highest BCUT2D eigenvalue weighted by Gasteiger charge is 2.19. The number of hydrogen-bond acceptors (Lipinski definition) is 4. The lowest BCUT2D eigenvalue weighted by Gasteiger charge is -2.09. The zero-order valence-electron chi connectivity index (χ0n) is 9.11. The van der Waals surface area contributed by atoms with E-state index in [-0.39, 0.29) is 16.7 Å². The topological polar surface area (TPSA) is 67.2 Å². The highest BCUT2D eigenvalue weighted by molar-refractivity contribution is 5.97. The maximum absolute atomic E-state index is 11.6. The average molecular weight is 217 g/mol. The van der Waals surface area contributed by atoms with Crippen LogP contribution in [0.2, 0.25) is 0 Å². The number of nitriles is 1. The lowest BCUT2D eigenvalue weighted by Crippen LogP contribution is -2.10. The van der Waals surface area contributed by atoms with Crippen molar-refractivity contribution in [2.75, 3.05) is 7.11 Å². The van der Waals surface area contributed by atoms with Gasteiger partial charge >= 0.3 is 5.97 Å². The summed E-state index contributed by atoms with van der Waals surface area (Å²) in [7, 11) is 1.25. The van der Waals surface area contributed by atoms with E-state index >= 15 is 0 Å². The first-order valence-electron chi connectivity index (χ1n) is 4.79. The summed E-state index contributed by atoms with van der Waals surface area (Å²) in [6.45, 7) is 1.86. The maximum Gasteiger partial charge on any atom is 0.339 e. The van der Waals surface area contributed by atoms with Crippen LogP contribution in [-0.4, -0.2) is 19.4 Å². The molecular formula is C12H11NO3. The zero-order valence-corrected chi connectivity index (χ0v) is 9.11. The van der Waals surface area contributed by atoms with E-state index in [9.17, 15) is 9.59 Å². The molecule has 0 aliphatic heterocycles. The molecule has 0 unspecified atom stereocenters. The summed E-state index contributed by atoms with van der Waals surface area (Å²) in [6.07, 6.45) is 1.16. The predicted octanol–water partition coefficient (Wildman–Crippen LogP) is 1.72. The lowest BCUT2D eigenvalue weighted by atomic mass is 9.96. The molecule has 1 aromatic rings. The van der Waals surface area contributed by atoms with Crippen molar-refractivity contribution in [1.29, 1.82) is 5.26 Å². The summed E-state index contributed by atoms with van der Waals surface area (Å²) in [5, 5.41) is 8.98. The standard InChI is InChI=1S/C12H11NO3/c1-3-8-4-5-9(7-14)10(6-13)11(8)12(15)16-2/h4-5,7H,3H2,1-2H3. The summed E-state index contributed by atoms with van der Waals surface area (Å²) in [4.78, 5) is 22.3. The minimum Gasteiger partial charge on any atom is -0.465 e. The molecule has 4 nitrogen and oxygen atoms in total. The molecule has 0 spiro atoms. The van der Waals surface area contributed by atoms with Crippen molar-refractivity contribution in [3.8, 4) is 6.07 Å². The van der Waals surface area contributed by atoms with E-state index in [1.54, 1.807) is 6.07 Å². The molecule has 82 valence electrons. The Kier molecular flexibility index (Phi) is 3.78. The minimum absolute atomic E-state index is 0.0844. The average Bonchev–Trinajstić information content (AvgIpc) is 2.35. The number of benzene rings is 1. The van der Waals surface area contributed by atoms with Gasteiger partial charge in [-0.15, -0.1) is 0 Å². The Balaban J connectivity index is 3.56. The number of nitrogens with zero attached hydrogens (tertiary/aromatic N) is 1. The molecule has 0 saturated heterocycles. The van der Waals surface area contributed by atoms with Gasteiger partial charge in [0.2, 0.25) is 0 Å². The molecule has 0 fully saturated rings. The third-order valence-corrected chi connectivity index (χ3v) is 2.33. The third-order valence-electron chi connectivity index (χ3n) is 2.33. The number of methoxy groups -OCH3 is 1. The predicted molar refractivity (Wildman–Crippen MR) is 57.3 cm³/mol. The minimum atomic E-state index is -0.586. The van der Waals surface area contributed by atoms with Crippen molar-refractivity contribution in [2.24, 2.45) is 0 Å². The third kappa shape index (κ3) is 1.94. The molecule has 0 aliphatic carbocycles. The summed E-state index contributed by atoms with van der Waals surface area (Å²) < 4.78 is 4.61. The quantitative estimate of drug-likeness (QED) is 0.571. The molecule has 0 bridgehead atoms. The Morgan fingerprint density at radius 3 is 2.69 bits per heavy atom. The normalized spacial score (nSPS) is 9.31. The van der Waals surface area contributed by atoms with E-state index < -0.39 is 5.97 Å². The summed E-state index contributed by atoms with van der Waals surface area (Å²) in [5.74, 6) is -0.586. The molecule has 0 aliphatic rings. The van der Waals surface area contributed by atoms with Crippen molar-refractivity contribution in [3.63, 3.8) is 0 Å². The van der Waals surface area contributed by atoms with Crippen LogP contribution in [0.4, 0.5) is 0 Å². The van der Waals surface area contributed by atoms with E-state index in [2.05, 4.69) is 4.74 Å². The van der Waals surface area contributed by atoms with Crippen LogP contribution in [0.25, 0.3) is 0 Å². The molecule has 0 amide bonds. The summed E-state index contributed by atoms with van der Waals surface area (Å²) in [5.41, 5.74) is 1.19. The maximum atomic E-state index is 11.6.